The third-order valence-corrected chi connectivity index (χ3v) is 5.59. The first-order valence-corrected chi connectivity index (χ1v) is 10.1. The summed E-state index contributed by atoms with van der Waals surface area (Å²) in [5.74, 6) is -1.65. The number of fused-ring (bicyclic) bond motifs is 1. The van der Waals surface area contributed by atoms with E-state index in [4.69, 9.17) is 4.98 Å². The zero-order valence-electron chi connectivity index (χ0n) is 17.1. The van der Waals surface area contributed by atoms with Crippen LogP contribution in [-0.4, -0.2) is 48.5 Å². The maximum Gasteiger partial charge on any atom is 0.261 e. The Morgan fingerprint density at radius 2 is 1.77 bits per heavy atom. The number of amides is 1. The minimum atomic E-state index is -0.890. The lowest BCUT2D eigenvalue weighted by molar-refractivity contribution is 0.101. The molecular formula is C23H24F2N4O. The fraction of sp³-hybridized carbons (Fsp3) is 0.304. The van der Waals surface area contributed by atoms with Crippen molar-refractivity contribution in [1.29, 1.82) is 0 Å². The maximum atomic E-state index is 13.9. The van der Waals surface area contributed by atoms with Crippen LogP contribution >= 0.6 is 0 Å². The number of anilines is 2. The third kappa shape index (κ3) is 3.98. The molecule has 4 rings (SSSR count). The van der Waals surface area contributed by atoms with Crippen molar-refractivity contribution in [2.45, 2.75) is 13.8 Å². The molecule has 0 unspecified atom stereocenters. The standard InChI is InChI=1S/C23H24F2N4O/c1-3-28-9-11-29(12-10-28)21-13-15(2)17-14-16(7-8-20(17)27-21)26-23(30)22-18(24)5-4-6-19(22)25/h4-8,13-14H,3,9-12H2,1-2H3,(H,26,30). The third-order valence-electron chi connectivity index (χ3n) is 5.59. The van der Waals surface area contributed by atoms with E-state index in [1.165, 1.54) is 6.07 Å². The highest BCUT2D eigenvalue weighted by Gasteiger charge is 2.19. The van der Waals surface area contributed by atoms with Crippen LogP contribution in [0.25, 0.3) is 10.9 Å². The average molecular weight is 410 g/mol. The van der Waals surface area contributed by atoms with Gasteiger partial charge in [-0.2, -0.15) is 0 Å². The van der Waals surface area contributed by atoms with Crippen molar-refractivity contribution in [2.75, 3.05) is 42.9 Å². The van der Waals surface area contributed by atoms with Gasteiger partial charge < -0.3 is 15.1 Å². The van der Waals surface area contributed by atoms with Crippen LogP contribution in [0.3, 0.4) is 0 Å². The van der Waals surface area contributed by atoms with Gasteiger partial charge in [-0.05, 0) is 55.4 Å². The molecule has 1 aliphatic heterocycles. The molecule has 1 saturated heterocycles. The van der Waals surface area contributed by atoms with Crippen LogP contribution in [0.2, 0.25) is 0 Å². The van der Waals surface area contributed by atoms with E-state index in [0.717, 1.165) is 67.1 Å². The van der Waals surface area contributed by atoms with Crippen LogP contribution in [0.5, 0.6) is 0 Å². The lowest BCUT2D eigenvalue weighted by Crippen LogP contribution is -2.46. The molecule has 1 fully saturated rings. The van der Waals surface area contributed by atoms with E-state index in [1.807, 2.05) is 19.1 Å². The summed E-state index contributed by atoms with van der Waals surface area (Å²) >= 11 is 0. The van der Waals surface area contributed by atoms with Crippen molar-refractivity contribution >= 4 is 28.3 Å². The summed E-state index contributed by atoms with van der Waals surface area (Å²) in [5.41, 5.74) is 1.72. The van der Waals surface area contributed by atoms with Gasteiger partial charge in [0.2, 0.25) is 0 Å². The summed E-state index contributed by atoms with van der Waals surface area (Å²) in [6.07, 6.45) is 0. The highest BCUT2D eigenvalue weighted by atomic mass is 19.1. The van der Waals surface area contributed by atoms with Crippen LogP contribution in [0.1, 0.15) is 22.8 Å². The first-order chi connectivity index (χ1) is 14.5. The van der Waals surface area contributed by atoms with Gasteiger partial charge in [-0.1, -0.05) is 13.0 Å². The van der Waals surface area contributed by atoms with Crippen LogP contribution in [0.4, 0.5) is 20.3 Å². The van der Waals surface area contributed by atoms with Gasteiger partial charge in [0.05, 0.1) is 5.52 Å². The number of rotatable bonds is 4. The molecule has 0 spiro atoms. The summed E-state index contributed by atoms with van der Waals surface area (Å²) in [6, 6.07) is 10.7. The van der Waals surface area contributed by atoms with E-state index in [-0.39, 0.29) is 0 Å². The number of pyridine rings is 1. The van der Waals surface area contributed by atoms with Gasteiger partial charge in [-0.25, -0.2) is 13.8 Å². The summed E-state index contributed by atoms with van der Waals surface area (Å²) in [6.45, 7) is 9.15. The summed E-state index contributed by atoms with van der Waals surface area (Å²) < 4.78 is 27.7. The Hall–Kier alpha value is -3.06. The predicted molar refractivity (Wildman–Crippen MR) is 115 cm³/mol. The van der Waals surface area contributed by atoms with E-state index >= 15 is 0 Å². The molecule has 7 heteroatoms. The zero-order valence-corrected chi connectivity index (χ0v) is 17.1. The Bertz CT molecular complexity index is 1070. The van der Waals surface area contributed by atoms with Crippen LogP contribution < -0.4 is 10.2 Å². The number of hydrogen-bond acceptors (Lipinski definition) is 4. The average Bonchev–Trinajstić information content (AvgIpc) is 2.74. The number of aryl methyl sites for hydroxylation is 1. The molecule has 0 aliphatic carbocycles. The van der Waals surface area contributed by atoms with E-state index in [2.05, 4.69) is 22.0 Å². The number of aromatic nitrogens is 1. The Kier molecular flexibility index (Phi) is 5.63. The van der Waals surface area contributed by atoms with Crippen molar-refractivity contribution < 1.29 is 13.6 Å². The number of piperazine rings is 1. The maximum absolute atomic E-state index is 13.9. The van der Waals surface area contributed by atoms with Gasteiger partial charge in [0.25, 0.3) is 5.91 Å². The molecule has 1 amide bonds. The second kappa shape index (κ2) is 8.36. The van der Waals surface area contributed by atoms with Gasteiger partial charge >= 0.3 is 0 Å². The van der Waals surface area contributed by atoms with Gasteiger partial charge in [-0.3, -0.25) is 4.79 Å². The molecule has 0 atom stereocenters. The van der Waals surface area contributed by atoms with Crippen molar-refractivity contribution in [3.05, 3.63) is 65.2 Å². The first-order valence-electron chi connectivity index (χ1n) is 10.1. The first kappa shape index (κ1) is 20.2. The topological polar surface area (TPSA) is 48.5 Å². The molecule has 2 aromatic carbocycles. The monoisotopic (exact) mass is 410 g/mol. The van der Waals surface area contributed by atoms with Gasteiger partial charge in [0, 0.05) is 37.3 Å². The van der Waals surface area contributed by atoms with Gasteiger partial charge in [0.1, 0.15) is 23.0 Å². The number of nitrogens with one attached hydrogen (secondary N) is 1. The summed E-state index contributed by atoms with van der Waals surface area (Å²) in [7, 11) is 0. The molecule has 1 aromatic heterocycles. The van der Waals surface area contributed by atoms with Crippen molar-refractivity contribution in [3.8, 4) is 0 Å². The number of nitrogens with zero attached hydrogens (tertiary/aromatic N) is 3. The highest BCUT2D eigenvalue weighted by molar-refractivity contribution is 6.05. The molecule has 1 aliphatic rings. The number of hydrogen-bond donors (Lipinski definition) is 1. The number of likely N-dealkylation sites (N-methyl/N-ethyl adjacent to an activating group) is 1. The Morgan fingerprint density at radius 1 is 1.07 bits per heavy atom. The van der Waals surface area contributed by atoms with E-state index < -0.39 is 23.1 Å². The smallest absolute Gasteiger partial charge is 0.261 e. The fourth-order valence-corrected chi connectivity index (χ4v) is 3.82. The summed E-state index contributed by atoms with van der Waals surface area (Å²) in [4.78, 5) is 21.9. The van der Waals surface area contributed by atoms with E-state index in [9.17, 15) is 13.6 Å². The van der Waals surface area contributed by atoms with E-state index in [0.29, 0.717) is 5.69 Å². The van der Waals surface area contributed by atoms with Gasteiger partial charge in [0.15, 0.2) is 0 Å². The van der Waals surface area contributed by atoms with Gasteiger partial charge in [-0.15, -0.1) is 0 Å². The van der Waals surface area contributed by atoms with Crippen LogP contribution in [-0.2, 0) is 0 Å². The molecular weight excluding hydrogens is 386 g/mol. The molecule has 0 saturated carbocycles. The number of carbonyl (C=O) groups excluding carboxylic acids is 1. The second-order valence-corrected chi connectivity index (χ2v) is 7.50. The van der Waals surface area contributed by atoms with E-state index in [1.54, 1.807) is 12.1 Å². The Balaban J connectivity index is 1.58. The SMILES string of the molecule is CCN1CCN(c2cc(C)c3cc(NC(=O)c4c(F)cccc4F)ccc3n2)CC1. The van der Waals surface area contributed by atoms with Crippen molar-refractivity contribution in [1.82, 2.24) is 9.88 Å². The minimum Gasteiger partial charge on any atom is -0.354 e. The molecule has 2 heterocycles. The van der Waals surface area contributed by atoms with Crippen LogP contribution in [0.15, 0.2) is 42.5 Å². The van der Waals surface area contributed by atoms with Crippen molar-refractivity contribution in [3.63, 3.8) is 0 Å². The summed E-state index contributed by atoms with van der Waals surface area (Å²) in [5, 5.41) is 3.47. The second-order valence-electron chi connectivity index (χ2n) is 7.50. The molecule has 5 nitrogen and oxygen atoms in total. The molecule has 3 aromatic rings. The molecule has 1 N–H and O–H groups in total. The molecule has 30 heavy (non-hydrogen) atoms. The van der Waals surface area contributed by atoms with Crippen molar-refractivity contribution in [2.24, 2.45) is 0 Å². The molecule has 0 radical (unpaired) electrons. The Morgan fingerprint density at radius 3 is 2.43 bits per heavy atom. The Labute approximate surface area is 174 Å². The lowest BCUT2D eigenvalue weighted by Gasteiger charge is -2.35. The normalized spacial score (nSPS) is 14.9. The highest BCUT2D eigenvalue weighted by Crippen LogP contribution is 2.26. The minimum absolute atomic E-state index is 0.462. The zero-order chi connectivity index (χ0) is 21.3. The predicted octanol–water partition coefficient (Wildman–Crippen LogP) is 4.22. The largest absolute Gasteiger partial charge is 0.354 e. The quantitative estimate of drug-likeness (QED) is 0.700. The fourth-order valence-electron chi connectivity index (χ4n) is 3.82. The number of benzene rings is 2. The molecule has 156 valence electrons. The van der Waals surface area contributed by atoms with Crippen LogP contribution in [0, 0.1) is 18.6 Å². The number of halogens is 2. The lowest BCUT2D eigenvalue weighted by atomic mass is 10.1. The molecule has 0 bridgehead atoms. The number of carbonyl (C=O) groups is 1.